The zero-order valence-corrected chi connectivity index (χ0v) is 15.2. The number of aromatic nitrogens is 3. The number of H-pyrrole nitrogens is 1. The molecule has 1 fully saturated rings. The lowest BCUT2D eigenvalue weighted by atomic mass is 10.0. The van der Waals surface area contributed by atoms with E-state index in [1.165, 1.54) is 6.07 Å². The molecule has 0 unspecified atom stereocenters. The molecule has 1 aliphatic heterocycles. The fourth-order valence-corrected chi connectivity index (χ4v) is 3.30. The molecule has 0 aliphatic carbocycles. The van der Waals surface area contributed by atoms with Crippen LogP contribution in [-0.4, -0.2) is 39.1 Å². The van der Waals surface area contributed by atoms with Gasteiger partial charge in [0.25, 0.3) is 11.8 Å². The van der Waals surface area contributed by atoms with Crippen molar-refractivity contribution in [1.29, 1.82) is 0 Å². The van der Waals surface area contributed by atoms with Crippen molar-refractivity contribution in [3.8, 4) is 17.3 Å². The van der Waals surface area contributed by atoms with Crippen molar-refractivity contribution in [2.24, 2.45) is 0 Å². The van der Waals surface area contributed by atoms with Gasteiger partial charge in [0.15, 0.2) is 12.4 Å². The number of nitrogens with zero attached hydrogens (tertiary/aromatic N) is 3. The number of carbonyl (C=O) groups excluding carboxylic acids is 1. The Morgan fingerprint density at radius 2 is 2.04 bits per heavy atom. The van der Waals surface area contributed by atoms with Gasteiger partial charge in [-0.1, -0.05) is 29.4 Å². The highest BCUT2D eigenvalue weighted by Crippen LogP contribution is 2.30. The molecule has 1 saturated heterocycles. The summed E-state index contributed by atoms with van der Waals surface area (Å²) < 4.78 is 10.9. The number of pyridine rings is 1. The third-order valence-electron chi connectivity index (χ3n) is 4.67. The molecule has 8 nitrogen and oxygen atoms in total. The molecule has 3 heterocycles. The topological polar surface area (TPSA) is 101 Å². The highest BCUT2D eigenvalue weighted by atomic mass is 16.5. The highest BCUT2D eigenvalue weighted by molar-refractivity contribution is 5.78. The van der Waals surface area contributed by atoms with Crippen LogP contribution in [0.5, 0.6) is 5.75 Å². The largest absolute Gasteiger partial charge is 0.484 e. The van der Waals surface area contributed by atoms with Crippen LogP contribution >= 0.6 is 0 Å². The second kappa shape index (κ2) is 8.08. The molecular formula is C20H20N4O4. The van der Waals surface area contributed by atoms with Crippen LogP contribution in [-0.2, 0) is 4.79 Å². The summed E-state index contributed by atoms with van der Waals surface area (Å²) in [6.45, 7) is 0.574. The number of ether oxygens (including phenoxy) is 1. The molecule has 2 aromatic heterocycles. The molecular weight excluding hydrogens is 360 g/mol. The summed E-state index contributed by atoms with van der Waals surface area (Å²) in [4.78, 5) is 33.1. The van der Waals surface area contributed by atoms with E-state index in [0.717, 1.165) is 19.3 Å². The van der Waals surface area contributed by atoms with Crippen LogP contribution in [0.4, 0.5) is 0 Å². The number of nitrogens with one attached hydrogen (secondary N) is 1. The van der Waals surface area contributed by atoms with E-state index in [1.807, 2.05) is 30.3 Å². The summed E-state index contributed by atoms with van der Waals surface area (Å²) in [7, 11) is 0. The molecule has 0 saturated carbocycles. The number of benzene rings is 1. The molecule has 0 radical (unpaired) electrons. The van der Waals surface area contributed by atoms with E-state index in [0.29, 0.717) is 23.8 Å². The van der Waals surface area contributed by atoms with Gasteiger partial charge in [0.2, 0.25) is 5.56 Å². The van der Waals surface area contributed by atoms with E-state index in [2.05, 4.69) is 15.1 Å². The van der Waals surface area contributed by atoms with Gasteiger partial charge in [-0.05, 0) is 37.5 Å². The van der Waals surface area contributed by atoms with Crippen molar-refractivity contribution in [2.45, 2.75) is 25.3 Å². The number of carbonyl (C=O) groups is 1. The van der Waals surface area contributed by atoms with Crippen molar-refractivity contribution < 1.29 is 14.1 Å². The predicted molar refractivity (Wildman–Crippen MR) is 101 cm³/mol. The monoisotopic (exact) mass is 380 g/mol. The first kappa shape index (κ1) is 18.0. The number of likely N-dealkylation sites (tertiary alicyclic amines) is 1. The maximum atomic E-state index is 12.7. The Kier molecular flexibility index (Phi) is 5.18. The van der Waals surface area contributed by atoms with Crippen LogP contribution in [0.25, 0.3) is 11.6 Å². The van der Waals surface area contributed by atoms with Gasteiger partial charge in [-0.2, -0.15) is 4.98 Å². The Morgan fingerprint density at radius 1 is 1.18 bits per heavy atom. The maximum absolute atomic E-state index is 12.7. The number of aromatic amines is 1. The smallest absolute Gasteiger partial charge is 0.274 e. The number of hydrogen-bond donors (Lipinski definition) is 1. The molecule has 3 aromatic rings. The average molecular weight is 380 g/mol. The van der Waals surface area contributed by atoms with Crippen LogP contribution in [0.15, 0.2) is 57.8 Å². The third kappa shape index (κ3) is 3.95. The normalized spacial score (nSPS) is 16.7. The first-order chi connectivity index (χ1) is 13.7. The number of piperidine rings is 1. The Balaban J connectivity index is 1.49. The fraction of sp³-hybridized carbons (Fsp3) is 0.300. The second-order valence-corrected chi connectivity index (χ2v) is 6.59. The SMILES string of the molecule is O=C(COc1ccccc1)N1CCCC[C@@H]1c1noc(-c2cccc(=O)[nH]2)n1. The van der Waals surface area contributed by atoms with Gasteiger partial charge in [0.1, 0.15) is 11.4 Å². The minimum absolute atomic E-state index is 0.0444. The van der Waals surface area contributed by atoms with E-state index < -0.39 is 0 Å². The van der Waals surface area contributed by atoms with E-state index in [-0.39, 0.29) is 30.0 Å². The van der Waals surface area contributed by atoms with Gasteiger partial charge in [-0.25, -0.2) is 0 Å². The molecule has 1 N–H and O–H groups in total. The Labute approximate surface area is 161 Å². The number of rotatable bonds is 5. The quantitative estimate of drug-likeness (QED) is 0.730. The molecule has 1 amide bonds. The van der Waals surface area contributed by atoms with Crippen LogP contribution in [0, 0.1) is 0 Å². The molecule has 8 heteroatoms. The molecule has 28 heavy (non-hydrogen) atoms. The van der Waals surface area contributed by atoms with Crippen molar-refractivity contribution in [1.82, 2.24) is 20.0 Å². The summed E-state index contributed by atoms with van der Waals surface area (Å²) in [6, 6.07) is 13.7. The van der Waals surface area contributed by atoms with E-state index >= 15 is 0 Å². The maximum Gasteiger partial charge on any atom is 0.274 e. The molecule has 4 rings (SSSR count). The summed E-state index contributed by atoms with van der Waals surface area (Å²) in [5.41, 5.74) is 0.206. The second-order valence-electron chi connectivity index (χ2n) is 6.59. The van der Waals surface area contributed by atoms with Crippen molar-refractivity contribution >= 4 is 5.91 Å². The van der Waals surface area contributed by atoms with Crippen LogP contribution < -0.4 is 10.3 Å². The average Bonchev–Trinajstić information content (AvgIpc) is 3.23. The van der Waals surface area contributed by atoms with Crippen LogP contribution in [0.1, 0.15) is 31.1 Å². The Bertz CT molecular complexity index is 998. The predicted octanol–water partition coefficient (Wildman–Crippen LogP) is 2.56. The van der Waals surface area contributed by atoms with Gasteiger partial charge in [0, 0.05) is 12.6 Å². The summed E-state index contributed by atoms with van der Waals surface area (Å²) >= 11 is 0. The first-order valence-electron chi connectivity index (χ1n) is 9.21. The van der Waals surface area contributed by atoms with Gasteiger partial charge in [-0.3, -0.25) is 9.59 Å². The fourth-order valence-electron chi connectivity index (χ4n) is 3.30. The Hall–Kier alpha value is -3.42. The number of amides is 1. The number of para-hydroxylation sites is 1. The van der Waals surface area contributed by atoms with E-state index in [9.17, 15) is 9.59 Å². The standard InChI is InChI=1S/C20H20N4O4/c25-17-11-6-9-15(21-17)20-22-19(23-28-20)16-10-4-5-12-24(16)18(26)13-27-14-7-2-1-3-8-14/h1-3,6-9,11,16H,4-5,10,12-13H2,(H,21,25)/t16-/m1/s1. The van der Waals surface area contributed by atoms with Crippen LogP contribution in [0.3, 0.4) is 0 Å². The van der Waals surface area contributed by atoms with Crippen molar-refractivity contribution in [3.05, 3.63) is 64.7 Å². The lowest BCUT2D eigenvalue weighted by molar-refractivity contribution is -0.137. The van der Waals surface area contributed by atoms with E-state index in [1.54, 1.807) is 17.0 Å². The zero-order chi connectivity index (χ0) is 19.3. The summed E-state index contributed by atoms with van der Waals surface area (Å²) in [5.74, 6) is 1.20. The lowest BCUT2D eigenvalue weighted by Crippen LogP contribution is -2.41. The zero-order valence-electron chi connectivity index (χ0n) is 15.2. The van der Waals surface area contributed by atoms with Crippen molar-refractivity contribution in [3.63, 3.8) is 0 Å². The van der Waals surface area contributed by atoms with Gasteiger partial charge in [0.05, 0.1) is 6.04 Å². The van der Waals surface area contributed by atoms with Gasteiger partial charge < -0.3 is 19.1 Å². The molecule has 0 bridgehead atoms. The highest BCUT2D eigenvalue weighted by Gasteiger charge is 2.32. The Morgan fingerprint density at radius 3 is 2.86 bits per heavy atom. The molecule has 1 aliphatic rings. The van der Waals surface area contributed by atoms with Crippen molar-refractivity contribution in [2.75, 3.05) is 13.2 Å². The van der Waals surface area contributed by atoms with Gasteiger partial charge in [-0.15, -0.1) is 0 Å². The first-order valence-corrected chi connectivity index (χ1v) is 9.21. The lowest BCUT2D eigenvalue weighted by Gasteiger charge is -2.33. The molecule has 0 spiro atoms. The number of hydrogen-bond acceptors (Lipinski definition) is 6. The summed E-state index contributed by atoms with van der Waals surface area (Å²) in [5, 5.41) is 4.05. The molecule has 144 valence electrons. The summed E-state index contributed by atoms with van der Waals surface area (Å²) in [6.07, 6.45) is 2.64. The minimum Gasteiger partial charge on any atom is -0.484 e. The third-order valence-corrected chi connectivity index (χ3v) is 4.67. The molecule has 1 atom stereocenters. The minimum atomic E-state index is -0.270. The van der Waals surface area contributed by atoms with Gasteiger partial charge >= 0.3 is 0 Å². The van der Waals surface area contributed by atoms with Crippen LogP contribution in [0.2, 0.25) is 0 Å². The molecule has 1 aromatic carbocycles. The van der Waals surface area contributed by atoms with E-state index in [4.69, 9.17) is 9.26 Å².